The summed E-state index contributed by atoms with van der Waals surface area (Å²) in [5.74, 6) is 0.381. The first kappa shape index (κ1) is 26.5. The Hall–Kier alpha value is -4.08. The maximum Gasteiger partial charge on any atom is 0.332 e. The van der Waals surface area contributed by atoms with Gasteiger partial charge in [-0.05, 0) is 54.7 Å². The summed E-state index contributed by atoms with van der Waals surface area (Å²) < 4.78 is 18.4. The topological polar surface area (TPSA) is 118 Å². The summed E-state index contributed by atoms with van der Waals surface area (Å²) >= 11 is 0. The van der Waals surface area contributed by atoms with Crippen LogP contribution in [-0.4, -0.2) is 40.5 Å². The molecule has 2 aliphatic rings. The molecule has 1 fully saturated rings. The molecule has 1 amide bonds. The van der Waals surface area contributed by atoms with E-state index in [2.05, 4.69) is 5.32 Å². The van der Waals surface area contributed by atoms with Crippen molar-refractivity contribution in [2.75, 3.05) is 13.4 Å². The molecule has 1 aromatic heterocycles. The lowest BCUT2D eigenvalue weighted by Crippen LogP contribution is -2.42. The number of amides is 1. The molecule has 0 radical (unpaired) electrons. The SMILES string of the molecule is CC(C)COC(=O)Cn1c(=O)n(Cc2ccc3c(c2)OCO3)c(=O)c2ccc(C(=O)NC3CCCCC3)cc21. The average Bonchev–Trinajstić information content (AvgIpc) is 3.40. The maximum absolute atomic E-state index is 13.7. The molecule has 0 spiro atoms. The van der Waals surface area contributed by atoms with Crippen LogP contribution in [0.2, 0.25) is 0 Å². The van der Waals surface area contributed by atoms with E-state index < -0.39 is 23.8 Å². The summed E-state index contributed by atoms with van der Waals surface area (Å²) in [6.45, 7) is 3.72. The Morgan fingerprint density at radius 3 is 2.54 bits per heavy atom. The third-order valence-electron chi connectivity index (χ3n) is 7.07. The summed E-state index contributed by atoms with van der Waals surface area (Å²) in [6, 6.07) is 9.93. The first-order valence-corrected chi connectivity index (χ1v) is 13.4. The van der Waals surface area contributed by atoms with Crippen molar-refractivity contribution in [2.24, 2.45) is 5.92 Å². The highest BCUT2D eigenvalue weighted by molar-refractivity contribution is 5.98. The van der Waals surface area contributed by atoms with Crippen LogP contribution >= 0.6 is 0 Å². The molecule has 206 valence electrons. The number of rotatable bonds is 8. The van der Waals surface area contributed by atoms with E-state index in [4.69, 9.17) is 14.2 Å². The van der Waals surface area contributed by atoms with Gasteiger partial charge in [0.25, 0.3) is 11.5 Å². The molecule has 0 unspecified atom stereocenters. The molecule has 1 aliphatic heterocycles. The zero-order valence-electron chi connectivity index (χ0n) is 22.2. The lowest BCUT2D eigenvalue weighted by Gasteiger charge is -2.23. The largest absolute Gasteiger partial charge is 0.464 e. The van der Waals surface area contributed by atoms with Gasteiger partial charge in [0.05, 0.1) is 24.1 Å². The molecular formula is C29H33N3O7. The molecular weight excluding hydrogens is 502 g/mol. The molecule has 0 saturated heterocycles. The molecule has 39 heavy (non-hydrogen) atoms. The van der Waals surface area contributed by atoms with Crippen molar-refractivity contribution < 1.29 is 23.8 Å². The van der Waals surface area contributed by atoms with Gasteiger partial charge in [-0.3, -0.25) is 23.5 Å². The van der Waals surface area contributed by atoms with Gasteiger partial charge in [0.2, 0.25) is 6.79 Å². The fourth-order valence-corrected chi connectivity index (χ4v) is 5.02. The highest BCUT2D eigenvalue weighted by Gasteiger charge is 2.21. The van der Waals surface area contributed by atoms with E-state index in [-0.39, 0.29) is 48.7 Å². The molecule has 2 aromatic carbocycles. The minimum Gasteiger partial charge on any atom is -0.464 e. The Balaban J connectivity index is 1.54. The highest BCUT2D eigenvalue weighted by atomic mass is 16.7. The number of esters is 1. The number of aromatic nitrogens is 2. The molecule has 10 nitrogen and oxygen atoms in total. The van der Waals surface area contributed by atoms with E-state index in [1.165, 1.54) is 17.1 Å². The van der Waals surface area contributed by atoms with Crippen molar-refractivity contribution in [2.45, 2.75) is 65.1 Å². The molecule has 3 aromatic rings. The van der Waals surface area contributed by atoms with Gasteiger partial charge >= 0.3 is 11.7 Å². The van der Waals surface area contributed by atoms with Gasteiger partial charge < -0.3 is 19.5 Å². The predicted molar refractivity (Wildman–Crippen MR) is 144 cm³/mol. The van der Waals surface area contributed by atoms with Crippen LogP contribution in [0.25, 0.3) is 10.9 Å². The molecule has 0 atom stereocenters. The standard InChI is InChI=1S/C29H33N3O7/c1-18(2)16-37-26(33)15-31-23-13-20(27(34)30-21-6-4-3-5-7-21)9-10-22(23)28(35)32(29(31)36)14-19-8-11-24-25(12-19)39-17-38-24/h8-13,18,21H,3-7,14-17H2,1-2H3,(H,30,34). The number of ether oxygens (including phenoxy) is 3. The summed E-state index contributed by atoms with van der Waals surface area (Å²) in [6.07, 6.45) is 5.17. The van der Waals surface area contributed by atoms with Crippen molar-refractivity contribution >= 4 is 22.8 Å². The van der Waals surface area contributed by atoms with E-state index in [1.54, 1.807) is 30.3 Å². The van der Waals surface area contributed by atoms with Gasteiger partial charge in [-0.2, -0.15) is 0 Å². The van der Waals surface area contributed by atoms with Crippen LogP contribution in [0.15, 0.2) is 46.0 Å². The number of nitrogens with one attached hydrogen (secondary N) is 1. The number of benzene rings is 2. The first-order valence-electron chi connectivity index (χ1n) is 13.4. The van der Waals surface area contributed by atoms with Gasteiger partial charge in [-0.1, -0.05) is 39.2 Å². The second-order valence-corrected chi connectivity index (χ2v) is 10.6. The van der Waals surface area contributed by atoms with Gasteiger partial charge in [0.1, 0.15) is 6.54 Å². The third-order valence-corrected chi connectivity index (χ3v) is 7.07. The monoisotopic (exact) mass is 535 g/mol. The number of carbonyl (C=O) groups is 2. The number of nitrogens with zero attached hydrogens (tertiary/aromatic N) is 2. The Labute approximate surface area is 225 Å². The van der Waals surface area contributed by atoms with Crippen LogP contribution in [0, 0.1) is 5.92 Å². The minimum absolute atomic E-state index is 0.0325. The zero-order chi connectivity index (χ0) is 27.5. The molecule has 0 bridgehead atoms. The maximum atomic E-state index is 13.7. The molecule has 1 N–H and O–H groups in total. The smallest absolute Gasteiger partial charge is 0.332 e. The second-order valence-electron chi connectivity index (χ2n) is 10.6. The van der Waals surface area contributed by atoms with E-state index >= 15 is 0 Å². The number of carbonyl (C=O) groups excluding carboxylic acids is 2. The lowest BCUT2D eigenvalue weighted by atomic mass is 9.95. The van der Waals surface area contributed by atoms with Gasteiger partial charge in [-0.25, -0.2) is 4.79 Å². The van der Waals surface area contributed by atoms with Crippen LogP contribution in [0.4, 0.5) is 0 Å². The fraction of sp³-hybridized carbons (Fsp3) is 0.448. The molecule has 2 heterocycles. The fourth-order valence-electron chi connectivity index (χ4n) is 5.02. The van der Waals surface area contributed by atoms with Crippen LogP contribution < -0.4 is 26.0 Å². The Bertz CT molecular complexity index is 1520. The molecule has 10 heteroatoms. The van der Waals surface area contributed by atoms with Crippen molar-refractivity contribution in [1.82, 2.24) is 14.5 Å². The van der Waals surface area contributed by atoms with Gasteiger partial charge in [0, 0.05) is 11.6 Å². The molecule has 1 saturated carbocycles. The Kier molecular flexibility index (Phi) is 7.72. The van der Waals surface area contributed by atoms with Crippen LogP contribution in [0.1, 0.15) is 61.9 Å². The number of hydrogen-bond donors (Lipinski definition) is 1. The second kappa shape index (κ2) is 11.3. The third kappa shape index (κ3) is 5.84. The summed E-state index contributed by atoms with van der Waals surface area (Å²) in [5, 5.41) is 3.29. The van der Waals surface area contributed by atoms with Crippen LogP contribution in [-0.2, 0) is 22.6 Å². The number of fused-ring (bicyclic) bond motifs is 2. The highest BCUT2D eigenvalue weighted by Crippen LogP contribution is 2.32. The predicted octanol–water partition coefficient (Wildman–Crippen LogP) is 3.20. The zero-order valence-corrected chi connectivity index (χ0v) is 22.2. The van der Waals surface area contributed by atoms with Crippen LogP contribution in [0.5, 0.6) is 11.5 Å². The van der Waals surface area contributed by atoms with Gasteiger partial charge in [-0.15, -0.1) is 0 Å². The quantitative estimate of drug-likeness (QED) is 0.440. The van der Waals surface area contributed by atoms with E-state index in [0.717, 1.165) is 30.3 Å². The summed E-state index contributed by atoms with van der Waals surface area (Å²) in [7, 11) is 0. The molecule has 5 rings (SSSR count). The minimum atomic E-state index is -0.670. The average molecular weight is 536 g/mol. The van der Waals surface area contributed by atoms with Crippen molar-refractivity contribution in [1.29, 1.82) is 0 Å². The van der Waals surface area contributed by atoms with E-state index in [1.807, 2.05) is 13.8 Å². The summed E-state index contributed by atoms with van der Waals surface area (Å²) in [4.78, 5) is 52.9. The Morgan fingerprint density at radius 2 is 1.77 bits per heavy atom. The van der Waals surface area contributed by atoms with Crippen molar-refractivity contribution in [3.63, 3.8) is 0 Å². The normalized spacial score (nSPS) is 15.1. The summed E-state index contributed by atoms with van der Waals surface area (Å²) in [5.41, 5.74) is 0.0137. The molecule has 1 aliphatic carbocycles. The van der Waals surface area contributed by atoms with Crippen LogP contribution in [0.3, 0.4) is 0 Å². The van der Waals surface area contributed by atoms with Gasteiger partial charge in [0.15, 0.2) is 11.5 Å². The first-order chi connectivity index (χ1) is 18.8. The van der Waals surface area contributed by atoms with E-state index in [0.29, 0.717) is 22.6 Å². The Morgan fingerprint density at radius 1 is 1.00 bits per heavy atom. The number of hydrogen-bond acceptors (Lipinski definition) is 7. The van der Waals surface area contributed by atoms with E-state index in [9.17, 15) is 19.2 Å². The lowest BCUT2D eigenvalue weighted by molar-refractivity contribution is -0.145. The van der Waals surface area contributed by atoms with Crippen molar-refractivity contribution in [3.05, 3.63) is 68.4 Å². The van der Waals surface area contributed by atoms with Crippen molar-refractivity contribution in [3.8, 4) is 11.5 Å².